The van der Waals surface area contributed by atoms with Crippen LogP contribution in [0.1, 0.15) is 51.5 Å². The van der Waals surface area contributed by atoms with E-state index in [9.17, 15) is 14.4 Å². The molecule has 0 radical (unpaired) electrons. The third-order valence-electron chi connectivity index (χ3n) is 7.61. The molecule has 2 heterocycles. The molecule has 2 unspecified atom stereocenters. The summed E-state index contributed by atoms with van der Waals surface area (Å²) in [6.45, 7) is 7.09. The average molecular weight is 625 g/mol. The van der Waals surface area contributed by atoms with E-state index in [4.69, 9.17) is 21.1 Å². The molecule has 1 aliphatic heterocycles. The van der Waals surface area contributed by atoms with Crippen molar-refractivity contribution < 1.29 is 18.7 Å². The van der Waals surface area contributed by atoms with Gasteiger partial charge in [-0.2, -0.15) is 5.26 Å². The largest absolute Gasteiger partial charge is 0.492 e. The highest BCUT2D eigenvalue weighted by atomic mass is 35.5. The SMILES string of the molecule is CCCN1CCCC(F)C1COc1ccc(Nc2c(C#N)cnc3cc(OCC)c(NC(=O)CCCN(C)C)cc23)cc1Cl. The van der Waals surface area contributed by atoms with Gasteiger partial charge in [-0.15, -0.1) is 0 Å². The average Bonchev–Trinajstić information content (AvgIpc) is 2.98. The summed E-state index contributed by atoms with van der Waals surface area (Å²) >= 11 is 6.62. The summed E-state index contributed by atoms with van der Waals surface area (Å²) in [4.78, 5) is 21.4. The van der Waals surface area contributed by atoms with Gasteiger partial charge in [0.1, 0.15) is 30.3 Å². The number of anilines is 3. The molecule has 1 fully saturated rings. The van der Waals surface area contributed by atoms with Gasteiger partial charge in [-0.3, -0.25) is 14.7 Å². The van der Waals surface area contributed by atoms with E-state index in [1.807, 2.05) is 25.9 Å². The van der Waals surface area contributed by atoms with Crippen LogP contribution in [0.25, 0.3) is 10.9 Å². The number of halogens is 2. The van der Waals surface area contributed by atoms with Gasteiger partial charge in [0.05, 0.1) is 40.1 Å². The fourth-order valence-electron chi connectivity index (χ4n) is 5.45. The number of nitrogens with one attached hydrogen (secondary N) is 2. The number of benzene rings is 2. The standard InChI is InChI=1S/C33H42ClFN6O3/c1-5-13-41-15-7-9-26(35)29(41)21-44-30-12-11-23(16-25(30)34)38-33-22(19-36)20-37-27-18-31(43-6-2)28(17-24(27)33)39-32(42)10-8-14-40(3)4/h11-12,16-18,20,26,29H,5-10,13-15,21H2,1-4H3,(H,37,38)(H,39,42). The minimum absolute atomic E-state index is 0.126. The molecule has 1 amide bonds. The quantitative estimate of drug-likeness (QED) is 0.202. The Kier molecular flexibility index (Phi) is 12.0. The van der Waals surface area contributed by atoms with Crippen LogP contribution in [-0.4, -0.2) is 79.8 Å². The molecule has 0 bridgehead atoms. The van der Waals surface area contributed by atoms with Crippen molar-refractivity contribution in [2.24, 2.45) is 0 Å². The topological polar surface area (TPSA) is 103 Å². The zero-order chi connectivity index (χ0) is 31.6. The molecule has 236 valence electrons. The first-order chi connectivity index (χ1) is 21.2. The first-order valence-corrected chi connectivity index (χ1v) is 15.6. The van der Waals surface area contributed by atoms with E-state index < -0.39 is 6.17 Å². The third-order valence-corrected chi connectivity index (χ3v) is 7.90. The normalized spacial score (nSPS) is 17.0. The first kappa shape index (κ1) is 33.2. The maximum absolute atomic E-state index is 14.8. The van der Waals surface area contributed by atoms with Crippen molar-refractivity contribution in [1.29, 1.82) is 5.26 Å². The van der Waals surface area contributed by atoms with Gasteiger partial charge < -0.3 is 25.0 Å². The van der Waals surface area contributed by atoms with E-state index in [0.717, 1.165) is 38.9 Å². The van der Waals surface area contributed by atoms with Crippen LogP contribution in [0.3, 0.4) is 0 Å². The lowest BCUT2D eigenvalue weighted by atomic mass is 10.0. The number of ether oxygens (including phenoxy) is 2. The molecule has 2 atom stereocenters. The second kappa shape index (κ2) is 15.9. The summed E-state index contributed by atoms with van der Waals surface area (Å²) < 4.78 is 26.6. The predicted octanol–water partition coefficient (Wildman–Crippen LogP) is 6.77. The number of alkyl halides is 1. The van der Waals surface area contributed by atoms with E-state index in [-0.39, 0.29) is 18.6 Å². The zero-order valence-electron chi connectivity index (χ0n) is 26.0. The van der Waals surface area contributed by atoms with E-state index in [1.165, 1.54) is 6.20 Å². The van der Waals surface area contributed by atoms with Gasteiger partial charge in [0, 0.05) is 29.8 Å². The molecule has 11 heteroatoms. The lowest BCUT2D eigenvalue weighted by Crippen LogP contribution is -2.50. The van der Waals surface area contributed by atoms with Crippen molar-refractivity contribution >= 4 is 45.5 Å². The number of aromatic nitrogens is 1. The van der Waals surface area contributed by atoms with E-state index in [0.29, 0.717) is 69.5 Å². The molecule has 1 saturated heterocycles. The van der Waals surface area contributed by atoms with E-state index in [2.05, 4.69) is 33.5 Å². The Morgan fingerprint density at radius 1 is 1.23 bits per heavy atom. The second-order valence-electron chi connectivity index (χ2n) is 11.3. The van der Waals surface area contributed by atoms with Crippen molar-refractivity contribution in [3.05, 3.63) is 47.1 Å². The van der Waals surface area contributed by atoms with Crippen LogP contribution in [0.15, 0.2) is 36.5 Å². The van der Waals surface area contributed by atoms with Crippen molar-refractivity contribution in [3.8, 4) is 17.6 Å². The van der Waals surface area contributed by atoms with Crippen molar-refractivity contribution in [1.82, 2.24) is 14.8 Å². The van der Waals surface area contributed by atoms with Gasteiger partial charge in [0.15, 0.2) is 0 Å². The zero-order valence-corrected chi connectivity index (χ0v) is 26.7. The second-order valence-corrected chi connectivity index (χ2v) is 11.7. The molecule has 44 heavy (non-hydrogen) atoms. The number of hydrogen-bond acceptors (Lipinski definition) is 8. The number of piperidine rings is 1. The van der Waals surface area contributed by atoms with Crippen LogP contribution in [-0.2, 0) is 4.79 Å². The molecule has 9 nitrogen and oxygen atoms in total. The molecule has 0 aliphatic carbocycles. The summed E-state index contributed by atoms with van der Waals surface area (Å²) in [5.41, 5.74) is 2.57. The van der Waals surface area contributed by atoms with Crippen molar-refractivity contribution in [3.63, 3.8) is 0 Å². The highest BCUT2D eigenvalue weighted by Gasteiger charge is 2.31. The molecule has 0 saturated carbocycles. The summed E-state index contributed by atoms with van der Waals surface area (Å²) in [5, 5.41) is 17.2. The van der Waals surface area contributed by atoms with E-state index in [1.54, 1.807) is 30.3 Å². The Bertz CT molecular complexity index is 1480. The summed E-state index contributed by atoms with van der Waals surface area (Å²) in [6, 6.07) is 10.7. The van der Waals surface area contributed by atoms with Gasteiger partial charge >= 0.3 is 0 Å². The van der Waals surface area contributed by atoms with Crippen LogP contribution in [0.5, 0.6) is 11.5 Å². The molecule has 2 aromatic carbocycles. The number of carbonyl (C=O) groups excluding carboxylic acids is 1. The number of carbonyl (C=O) groups is 1. The van der Waals surface area contributed by atoms with Gasteiger partial charge in [-0.25, -0.2) is 4.39 Å². The lowest BCUT2D eigenvalue weighted by Gasteiger charge is -2.37. The first-order valence-electron chi connectivity index (χ1n) is 15.3. The molecular formula is C33H42ClFN6O3. The molecule has 1 aromatic heterocycles. The Morgan fingerprint density at radius 3 is 2.75 bits per heavy atom. The summed E-state index contributed by atoms with van der Waals surface area (Å²) in [7, 11) is 3.94. The fourth-order valence-corrected chi connectivity index (χ4v) is 5.68. The van der Waals surface area contributed by atoms with Gasteiger partial charge in [-0.1, -0.05) is 18.5 Å². The molecule has 2 N–H and O–H groups in total. The molecule has 0 spiro atoms. The Morgan fingerprint density at radius 2 is 2.05 bits per heavy atom. The molecule has 4 rings (SSSR count). The molecule has 1 aliphatic rings. The monoisotopic (exact) mass is 624 g/mol. The van der Waals surface area contributed by atoms with Crippen molar-refractivity contribution in [2.75, 3.05) is 57.6 Å². The van der Waals surface area contributed by atoms with Gasteiger partial charge in [-0.05, 0) is 90.6 Å². The highest BCUT2D eigenvalue weighted by Crippen LogP contribution is 2.37. The van der Waals surface area contributed by atoms with Crippen molar-refractivity contribution in [2.45, 2.75) is 58.2 Å². The van der Waals surface area contributed by atoms with Crippen LogP contribution < -0.4 is 20.1 Å². The Balaban J connectivity index is 1.57. The number of nitriles is 1. The number of rotatable bonds is 14. The minimum atomic E-state index is -0.935. The van der Waals surface area contributed by atoms with Crippen LogP contribution in [0.2, 0.25) is 5.02 Å². The number of hydrogen-bond donors (Lipinski definition) is 2. The smallest absolute Gasteiger partial charge is 0.224 e. The van der Waals surface area contributed by atoms with E-state index >= 15 is 0 Å². The Labute approximate surface area is 264 Å². The number of nitrogens with zero attached hydrogens (tertiary/aromatic N) is 4. The third kappa shape index (κ3) is 8.50. The molecular weight excluding hydrogens is 583 g/mol. The van der Waals surface area contributed by atoms with Crippen LogP contribution in [0.4, 0.5) is 21.5 Å². The highest BCUT2D eigenvalue weighted by molar-refractivity contribution is 6.32. The number of fused-ring (bicyclic) bond motifs is 1. The predicted molar refractivity (Wildman–Crippen MR) is 174 cm³/mol. The Hall–Kier alpha value is -3.65. The number of pyridine rings is 1. The summed E-state index contributed by atoms with van der Waals surface area (Å²) in [5.74, 6) is 0.838. The van der Waals surface area contributed by atoms with Gasteiger partial charge in [0.25, 0.3) is 0 Å². The number of amides is 1. The fraction of sp³-hybridized carbons (Fsp3) is 0.485. The summed E-state index contributed by atoms with van der Waals surface area (Å²) in [6.07, 6.45) is 3.99. The minimum Gasteiger partial charge on any atom is -0.492 e. The maximum Gasteiger partial charge on any atom is 0.224 e. The van der Waals surface area contributed by atoms with Crippen LogP contribution in [0, 0.1) is 11.3 Å². The van der Waals surface area contributed by atoms with Crippen LogP contribution >= 0.6 is 11.6 Å². The number of likely N-dealkylation sites (tertiary alicyclic amines) is 1. The molecule has 3 aromatic rings. The van der Waals surface area contributed by atoms with Gasteiger partial charge in [0.2, 0.25) is 5.91 Å². The maximum atomic E-state index is 14.8. The lowest BCUT2D eigenvalue weighted by molar-refractivity contribution is -0.116.